The molecule has 0 aliphatic heterocycles. The quantitative estimate of drug-likeness (QED) is 0.303. The molecule has 0 atom stereocenters. The number of nitrogens with zero attached hydrogens (tertiary/aromatic N) is 3. The fraction of sp³-hybridized carbons (Fsp3) is 0. The van der Waals surface area contributed by atoms with Crippen molar-refractivity contribution >= 4 is 0 Å². The first-order valence-electron chi connectivity index (χ1n) is 1.64. The molecule has 0 radical (unpaired) electrons. The molecule has 104 valence electrons. The minimum atomic E-state index is -1.75. The van der Waals surface area contributed by atoms with Crippen LogP contribution in [0.5, 0.6) is 0 Å². The molecule has 0 amide bonds. The summed E-state index contributed by atoms with van der Waals surface area (Å²) in [4.78, 5) is 24.8. The van der Waals surface area contributed by atoms with Crippen molar-refractivity contribution in [3.8, 4) is 0 Å². The fourth-order valence-corrected chi connectivity index (χ4v) is 0. The van der Waals surface area contributed by atoms with Gasteiger partial charge in [-0.1, -0.05) is 0 Å². The van der Waals surface area contributed by atoms with Crippen molar-refractivity contribution in [1.29, 1.82) is 0 Å². The molecule has 0 aliphatic rings. The molecule has 0 unspecified atom stereocenters. The van der Waals surface area contributed by atoms with Crippen LogP contribution < -0.4 is 0 Å². The van der Waals surface area contributed by atoms with E-state index in [1.165, 1.54) is 0 Å². The maximum atomic E-state index is 8.25. The molecule has 0 aromatic heterocycles. The summed E-state index contributed by atoms with van der Waals surface area (Å²) in [7, 11) is 0. The van der Waals surface area contributed by atoms with Crippen molar-refractivity contribution in [2.45, 2.75) is 0 Å². The summed E-state index contributed by atoms with van der Waals surface area (Å²) in [6.45, 7) is 0. The molecule has 0 heterocycles. The third kappa shape index (κ3) is 1080. The van der Waals surface area contributed by atoms with Crippen LogP contribution in [-0.2, 0) is 32.7 Å². The average Bonchev–Trinajstić information content (AvgIpc) is 1.54. The van der Waals surface area contributed by atoms with Crippen LogP contribution in [0.25, 0.3) is 0 Å². The summed E-state index contributed by atoms with van der Waals surface area (Å²) in [5, 5.41) is 44.2. The van der Waals surface area contributed by atoms with Gasteiger partial charge in [0, 0.05) is 0 Å². The van der Waals surface area contributed by atoms with Gasteiger partial charge in [0.2, 0.25) is 0 Å². The maximum Gasteiger partial charge on any atom is 3.00 e. The summed E-state index contributed by atoms with van der Waals surface area (Å²) in [5.41, 5.74) is 0. The smallest absolute Gasteiger partial charge is 0.412 e. The summed E-state index contributed by atoms with van der Waals surface area (Å²) >= 11 is 0. The zero-order chi connectivity index (χ0) is 10.7. The predicted molar refractivity (Wildman–Crippen MR) is 45.5 cm³/mol. The Morgan fingerprint density at radius 1 is 0.471 bits per heavy atom. The van der Waals surface area contributed by atoms with E-state index >= 15 is 0 Å². The van der Waals surface area contributed by atoms with Gasteiger partial charge in [-0.3, -0.25) is 0 Å². The minimum absolute atomic E-state index is 0. The standard InChI is InChI=1S/3NO3.4H2O.Y/c3*2-1(3)4;;;;;/h;;;4*1H2;/q3*-1;;;;;+3. The van der Waals surface area contributed by atoms with Crippen LogP contribution in [0.15, 0.2) is 0 Å². The summed E-state index contributed by atoms with van der Waals surface area (Å²) in [6.07, 6.45) is 0. The first kappa shape index (κ1) is 57.8. The van der Waals surface area contributed by atoms with E-state index in [0.717, 1.165) is 0 Å². The van der Waals surface area contributed by atoms with Crippen molar-refractivity contribution in [1.82, 2.24) is 0 Å². The largest absolute Gasteiger partial charge is 3.00 e. The number of hydrogen-bond donors (Lipinski definition) is 0. The first-order valence-corrected chi connectivity index (χ1v) is 1.64. The van der Waals surface area contributed by atoms with Crippen LogP contribution in [0.1, 0.15) is 0 Å². The SMILES string of the molecule is O.O.O.O.O=[N+]([O-])[O-].O=[N+]([O-])[O-].O=[N+]([O-])[O-].[Y+3]. The second-order valence-electron chi connectivity index (χ2n) is 0.671. The molecular weight excluding hydrogens is 339 g/mol. The Morgan fingerprint density at radius 2 is 0.471 bits per heavy atom. The van der Waals surface area contributed by atoms with Crippen LogP contribution in [0.3, 0.4) is 0 Å². The summed E-state index contributed by atoms with van der Waals surface area (Å²) in [5.74, 6) is 0. The summed E-state index contributed by atoms with van der Waals surface area (Å²) in [6, 6.07) is 0. The third-order valence-electron chi connectivity index (χ3n) is 0. The molecule has 0 aromatic rings. The van der Waals surface area contributed by atoms with E-state index in [1.807, 2.05) is 0 Å². The van der Waals surface area contributed by atoms with Gasteiger partial charge in [-0.2, -0.15) is 0 Å². The molecule has 16 nitrogen and oxygen atoms in total. The minimum Gasteiger partial charge on any atom is -0.412 e. The van der Waals surface area contributed by atoms with Crippen molar-refractivity contribution in [3.63, 3.8) is 0 Å². The van der Waals surface area contributed by atoms with Gasteiger partial charge in [0.05, 0.1) is 15.3 Å². The zero-order valence-electron chi connectivity index (χ0n) is 7.59. The molecule has 17 heteroatoms. The predicted octanol–water partition coefficient (Wildman–Crippen LogP) is -4.02. The Morgan fingerprint density at radius 3 is 0.471 bits per heavy atom. The van der Waals surface area contributed by atoms with Gasteiger partial charge in [0.25, 0.3) is 0 Å². The van der Waals surface area contributed by atoms with Gasteiger partial charge in [-0.25, -0.2) is 0 Å². The molecule has 0 spiro atoms. The van der Waals surface area contributed by atoms with Crippen molar-refractivity contribution < 1.29 is 69.9 Å². The van der Waals surface area contributed by atoms with Crippen LogP contribution in [0.4, 0.5) is 0 Å². The maximum absolute atomic E-state index is 8.25. The van der Waals surface area contributed by atoms with Crippen molar-refractivity contribution in [2.24, 2.45) is 0 Å². The second kappa shape index (κ2) is 46.9. The number of rotatable bonds is 0. The van der Waals surface area contributed by atoms with Crippen LogP contribution in [0, 0.1) is 46.0 Å². The monoisotopic (exact) mass is 347 g/mol. The van der Waals surface area contributed by atoms with Gasteiger partial charge in [-0.15, -0.1) is 0 Å². The molecule has 17 heavy (non-hydrogen) atoms. The van der Waals surface area contributed by atoms with E-state index in [4.69, 9.17) is 46.0 Å². The van der Waals surface area contributed by atoms with Gasteiger partial charge >= 0.3 is 32.7 Å². The first-order chi connectivity index (χ1) is 5.20. The molecule has 8 N–H and O–H groups in total. The zero-order valence-corrected chi connectivity index (χ0v) is 10.4. The Hall–Kier alpha value is -1.46. The third-order valence-corrected chi connectivity index (χ3v) is 0. The van der Waals surface area contributed by atoms with Crippen molar-refractivity contribution in [3.05, 3.63) is 46.0 Å². The van der Waals surface area contributed by atoms with E-state index in [1.54, 1.807) is 0 Å². The van der Waals surface area contributed by atoms with Gasteiger partial charge in [0.1, 0.15) is 0 Å². The van der Waals surface area contributed by atoms with E-state index in [9.17, 15) is 0 Å². The topological polar surface area (TPSA) is 325 Å². The molecule has 0 saturated heterocycles. The van der Waals surface area contributed by atoms with E-state index in [2.05, 4.69) is 0 Å². The van der Waals surface area contributed by atoms with Gasteiger partial charge in [-0.05, 0) is 0 Å². The number of hydrogen-bond acceptors (Lipinski definition) is 9. The molecule has 0 aliphatic carbocycles. The Kier molecular flexibility index (Phi) is 159. The van der Waals surface area contributed by atoms with Crippen LogP contribution >= 0.6 is 0 Å². The normalized spacial score (nSPS) is 4.24. The molecule has 0 saturated carbocycles. The molecule has 0 bridgehead atoms. The Labute approximate surface area is 116 Å². The molecule has 0 fully saturated rings. The van der Waals surface area contributed by atoms with E-state index < -0.39 is 15.3 Å². The van der Waals surface area contributed by atoms with Gasteiger partial charge in [0.15, 0.2) is 0 Å². The van der Waals surface area contributed by atoms with E-state index in [-0.39, 0.29) is 54.6 Å². The van der Waals surface area contributed by atoms with Crippen molar-refractivity contribution in [2.75, 3.05) is 0 Å². The van der Waals surface area contributed by atoms with Crippen LogP contribution in [0.2, 0.25) is 0 Å². The molecular formula is H8N3O13Y. The molecule has 0 rings (SSSR count). The van der Waals surface area contributed by atoms with E-state index in [0.29, 0.717) is 0 Å². The second-order valence-corrected chi connectivity index (χ2v) is 0.671. The Bertz CT molecular complexity index is 114. The molecule has 0 aromatic carbocycles. The fourth-order valence-electron chi connectivity index (χ4n) is 0. The van der Waals surface area contributed by atoms with Crippen LogP contribution in [-0.4, -0.2) is 37.2 Å². The Balaban J connectivity index is -0.0000000104. The average molecular weight is 347 g/mol. The summed E-state index contributed by atoms with van der Waals surface area (Å²) < 4.78 is 0. The van der Waals surface area contributed by atoms with Gasteiger partial charge < -0.3 is 67.9 Å².